The molecule has 0 bridgehead atoms. The molecule has 1 saturated heterocycles. The van der Waals surface area contributed by atoms with Crippen LogP contribution in [-0.2, 0) is 9.53 Å². The molecule has 2 rings (SSSR count). The number of nitrogens with zero attached hydrogens (tertiary/aromatic N) is 2. The summed E-state index contributed by atoms with van der Waals surface area (Å²) in [4.78, 5) is 17.1. The van der Waals surface area contributed by atoms with Gasteiger partial charge in [0, 0.05) is 32.2 Å². The first-order valence-electron chi connectivity index (χ1n) is 9.93. The predicted octanol–water partition coefficient (Wildman–Crippen LogP) is 2.11. The largest absolute Gasteiger partial charge is 0.374 e. The molecule has 2 fully saturated rings. The zero-order chi connectivity index (χ0) is 17.4. The molecule has 24 heavy (non-hydrogen) atoms. The van der Waals surface area contributed by atoms with Crippen LogP contribution in [0.2, 0.25) is 0 Å². The van der Waals surface area contributed by atoms with Crippen LogP contribution < -0.4 is 5.32 Å². The molecule has 0 aromatic heterocycles. The van der Waals surface area contributed by atoms with Crippen molar-refractivity contribution >= 4 is 5.91 Å². The SMILES string of the molecule is CCN(CC(=O)NCC1CN(CC(C)C)CCO1)C1CCCCC1. The number of amides is 1. The molecule has 1 heterocycles. The molecule has 0 radical (unpaired) electrons. The van der Waals surface area contributed by atoms with Crippen LogP contribution in [0.4, 0.5) is 0 Å². The highest BCUT2D eigenvalue weighted by Crippen LogP contribution is 2.22. The Bertz CT molecular complexity index is 370. The van der Waals surface area contributed by atoms with Gasteiger partial charge in [-0.2, -0.15) is 0 Å². The van der Waals surface area contributed by atoms with E-state index in [1.165, 1.54) is 32.1 Å². The number of hydrogen-bond donors (Lipinski definition) is 1. The minimum Gasteiger partial charge on any atom is -0.374 e. The number of nitrogens with one attached hydrogen (secondary N) is 1. The first-order valence-corrected chi connectivity index (χ1v) is 9.93. The average molecular weight is 340 g/mol. The van der Waals surface area contributed by atoms with Crippen molar-refractivity contribution in [3.63, 3.8) is 0 Å². The number of carbonyl (C=O) groups excluding carboxylic acids is 1. The lowest BCUT2D eigenvalue weighted by Crippen LogP contribution is -2.50. The molecular weight excluding hydrogens is 302 g/mol. The van der Waals surface area contributed by atoms with Gasteiger partial charge in [0.15, 0.2) is 0 Å². The number of carbonyl (C=O) groups is 1. The van der Waals surface area contributed by atoms with E-state index in [9.17, 15) is 4.79 Å². The number of rotatable bonds is 8. The summed E-state index contributed by atoms with van der Waals surface area (Å²) in [7, 11) is 0. The van der Waals surface area contributed by atoms with Crippen LogP contribution in [0, 0.1) is 5.92 Å². The third kappa shape index (κ3) is 6.69. The van der Waals surface area contributed by atoms with Crippen LogP contribution in [0.15, 0.2) is 0 Å². The molecule has 1 aliphatic heterocycles. The number of likely N-dealkylation sites (N-methyl/N-ethyl adjacent to an activating group) is 1. The van der Waals surface area contributed by atoms with Gasteiger partial charge >= 0.3 is 0 Å². The van der Waals surface area contributed by atoms with E-state index in [-0.39, 0.29) is 12.0 Å². The summed E-state index contributed by atoms with van der Waals surface area (Å²) >= 11 is 0. The molecule has 140 valence electrons. The Morgan fingerprint density at radius 2 is 2.04 bits per heavy atom. The number of morpholine rings is 1. The third-order valence-corrected chi connectivity index (χ3v) is 5.22. The van der Waals surface area contributed by atoms with Crippen molar-refractivity contribution in [2.24, 2.45) is 5.92 Å². The van der Waals surface area contributed by atoms with Gasteiger partial charge in [0.1, 0.15) is 0 Å². The Morgan fingerprint density at radius 1 is 1.29 bits per heavy atom. The highest BCUT2D eigenvalue weighted by Gasteiger charge is 2.24. The Kier molecular flexibility index (Phi) is 8.50. The maximum absolute atomic E-state index is 12.3. The third-order valence-electron chi connectivity index (χ3n) is 5.22. The lowest BCUT2D eigenvalue weighted by molar-refractivity contribution is -0.124. The van der Waals surface area contributed by atoms with E-state index < -0.39 is 0 Å². The standard InChI is InChI=1S/C19H37N3O2/c1-4-22(17-8-6-5-7-9-17)15-19(23)20-12-18-14-21(10-11-24-18)13-16(2)3/h16-18H,4-15H2,1-3H3,(H,20,23). The zero-order valence-corrected chi connectivity index (χ0v) is 15.9. The molecule has 0 spiro atoms. The van der Waals surface area contributed by atoms with Crippen molar-refractivity contribution in [2.45, 2.75) is 65.0 Å². The van der Waals surface area contributed by atoms with Crippen LogP contribution >= 0.6 is 0 Å². The molecule has 2 aliphatic rings. The summed E-state index contributed by atoms with van der Waals surface area (Å²) in [5.41, 5.74) is 0. The summed E-state index contributed by atoms with van der Waals surface area (Å²) in [5, 5.41) is 3.10. The fourth-order valence-corrected chi connectivity index (χ4v) is 4.00. The molecule has 1 N–H and O–H groups in total. The summed E-state index contributed by atoms with van der Waals surface area (Å²) < 4.78 is 5.82. The van der Waals surface area contributed by atoms with Crippen molar-refractivity contribution in [2.75, 3.05) is 45.9 Å². The molecule has 0 aromatic carbocycles. The quantitative estimate of drug-likeness (QED) is 0.736. The average Bonchev–Trinajstić information content (AvgIpc) is 2.58. The van der Waals surface area contributed by atoms with Gasteiger partial charge in [0.25, 0.3) is 0 Å². The van der Waals surface area contributed by atoms with Crippen LogP contribution in [0.3, 0.4) is 0 Å². The van der Waals surface area contributed by atoms with Gasteiger partial charge in [0.2, 0.25) is 5.91 Å². The molecule has 1 atom stereocenters. The Morgan fingerprint density at radius 3 is 2.71 bits per heavy atom. The fourth-order valence-electron chi connectivity index (χ4n) is 4.00. The second-order valence-electron chi connectivity index (χ2n) is 7.81. The van der Waals surface area contributed by atoms with E-state index in [4.69, 9.17) is 4.74 Å². The van der Waals surface area contributed by atoms with Gasteiger partial charge in [-0.3, -0.25) is 14.6 Å². The number of hydrogen-bond acceptors (Lipinski definition) is 4. The molecule has 1 aliphatic carbocycles. The second-order valence-corrected chi connectivity index (χ2v) is 7.81. The Balaban J connectivity index is 1.69. The van der Waals surface area contributed by atoms with Crippen LogP contribution in [0.5, 0.6) is 0 Å². The molecule has 1 saturated carbocycles. The lowest BCUT2D eigenvalue weighted by Gasteiger charge is -2.35. The van der Waals surface area contributed by atoms with E-state index in [1.807, 2.05) is 0 Å². The van der Waals surface area contributed by atoms with Crippen molar-refractivity contribution in [3.8, 4) is 0 Å². The van der Waals surface area contributed by atoms with Gasteiger partial charge in [0.05, 0.1) is 19.3 Å². The van der Waals surface area contributed by atoms with Crippen molar-refractivity contribution in [3.05, 3.63) is 0 Å². The second kappa shape index (κ2) is 10.4. The van der Waals surface area contributed by atoms with Gasteiger partial charge in [-0.25, -0.2) is 0 Å². The first kappa shape index (κ1) is 19.7. The van der Waals surface area contributed by atoms with Crippen LogP contribution in [-0.4, -0.2) is 73.7 Å². The van der Waals surface area contributed by atoms with Crippen molar-refractivity contribution in [1.82, 2.24) is 15.1 Å². The summed E-state index contributed by atoms with van der Waals surface area (Å²) in [5.74, 6) is 0.818. The molecule has 0 aromatic rings. The van der Waals surface area contributed by atoms with Crippen molar-refractivity contribution < 1.29 is 9.53 Å². The van der Waals surface area contributed by atoms with Crippen LogP contribution in [0.1, 0.15) is 52.9 Å². The first-order chi connectivity index (χ1) is 11.6. The predicted molar refractivity (Wildman–Crippen MR) is 98.1 cm³/mol. The van der Waals surface area contributed by atoms with Gasteiger partial charge in [-0.15, -0.1) is 0 Å². The van der Waals surface area contributed by atoms with E-state index in [2.05, 4.69) is 35.9 Å². The highest BCUT2D eigenvalue weighted by molar-refractivity contribution is 5.78. The molecule has 5 nitrogen and oxygen atoms in total. The minimum atomic E-state index is 0.131. The maximum Gasteiger partial charge on any atom is 0.234 e. The Labute approximate surface area is 148 Å². The lowest BCUT2D eigenvalue weighted by atomic mass is 9.94. The van der Waals surface area contributed by atoms with Crippen LogP contribution in [0.25, 0.3) is 0 Å². The molecule has 1 unspecified atom stereocenters. The van der Waals surface area contributed by atoms with E-state index >= 15 is 0 Å². The van der Waals surface area contributed by atoms with E-state index in [0.29, 0.717) is 25.0 Å². The fraction of sp³-hybridized carbons (Fsp3) is 0.947. The molecule has 1 amide bonds. The number of ether oxygens (including phenoxy) is 1. The smallest absolute Gasteiger partial charge is 0.234 e. The monoisotopic (exact) mass is 339 g/mol. The summed E-state index contributed by atoms with van der Waals surface area (Å²) in [6.07, 6.45) is 6.60. The van der Waals surface area contributed by atoms with E-state index in [0.717, 1.165) is 32.8 Å². The summed E-state index contributed by atoms with van der Waals surface area (Å²) in [6.45, 7) is 12.6. The minimum absolute atomic E-state index is 0.131. The van der Waals surface area contributed by atoms with E-state index in [1.54, 1.807) is 0 Å². The summed E-state index contributed by atoms with van der Waals surface area (Å²) in [6, 6.07) is 0.599. The maximum atomic E-state index is 12.3. The van der Waals surface area contributed by atoms with Gasteiger partial charge in [-0.1, -0.05) is 40.0 Å². The normalized spacial score (nSPS) is 23.8. The van der Waals surface area contributed by atoms with Crippen molar-refractivity contribution in [1.29, 1.82) is 0 Å². The molecular formula is C19H37N3O2. The highest BCUT2D eigenvalue weighted by atomic mass is 16.5. The zero-order valence-electron chi connectivity index (χ0n) is 15.9. The molecule has 5 heteroatoms. The van der Waals surface area contributed by atoms with Gasteiger partial charge < -0.3 is 10.1 Å². The van der Waals surface area contributed by atoms with Gasteiger partial charge in [-0.05, 0) is 25.3 Å². The topological polar surface area (TPSA) is 44.8 Å². The Hall–Kier alpha value is -0.650.